The number of rotatable bonds is 10. The third-order valence-corrected chi connectivity index (χ3v) is 6.68. The molecular formula is C28H32N8O2. The second-order valence-electron chi connectivity index (χ2n) is 9.41. The van der Waals surface area contributed by atoms with E-state index in [0.717, 1.165) is 47.3 Å². The molecule has 5 aromatic rings. The summed E-state index contributed by atoms with van der Waals surface area (Å²) in [6, 6.07) is 16.2. The van der Waals surface area contributed by atoms with Crippen LogP contribution in [-0.4, -0.2) is 39.3 Å². The standard InChI is InChI=1S/C28H32N8O2/c1-4-9-23-29-26-24(27(37)35(17-6-3)28(38)34(26)16-5-2)36(23)18-19-12-14-20(15-13-19)21-10-7-8-11-22(21)25-30-32-33-31-25/h7-8,10-15H,4-6,9,16-18H2,1-3H3,(H,30,31,32,33). The molecular weight excluding hydrogens is 480 g/mol. The van der Waals surface area contributed by atoms with E-state index < -0.39 is 0 Å². The number of hydrogen-bond acceptors (Lipinski definition) is 6. The van der Waals surface area contributed by atoms with Gasteiger partial charge in [0.15, 0.2) is 11.2 Å². The highest BCUT2D eigenvalue weighted by Crippen LogP contribution is 2.30. The van der Waals surface area contributed by atoms with Crippen molar-refractivity contribution in [2.24, 2.45) is 0 Å². The van der Waals surface area contributed by atoms with Crippen LogP contribution in [0, 0.1) is 0 Å². The second-order valence-corrected chi connectivity index (χ2v) is 9.41. The number of hydrogen-bond donors (Lipinski definition) is 1. The van der Waals surface area contributed by atoms with Gasteiger partial charge in [-0.25, -0.2) is 9.78 Å². The molecule has 5 rings (SSSR count). The molecule has 0 aliphatic heterocycles. The van der Waals surface area contributed by atoms with Crippen molar-refractivity contribution in [3.05, 3.63) is 80.8 Å². The molecule has 38 heavy (non-hydrogen) atoms. The minimum atomic E-state index is -0.275. The van der Waals surface area contributed by atoms with E-state index in [1.54, 1.807) is 4.57 Å². The van der Waals surface area contributed by atoms with Crippen molar-refractivity contribution in [3.63, 3.8) is 0 Å². The Morgan fingerprint density at radius 3 is 2.18 bits per heavy atom. The van der Waals surface area contributed by atoms with Crippen LogP contribution in [0.1, 0.15) is 51.4 Å². The third kappa shape index (κ3) is 4.57. The van der Waals surface area contributed by atoms with Gasteiger partial charge in [-0.05, 0) is 41.2 Å². The summed E-state index contributed by atoms with van der Waals surface area (Å²) in [4.78, 5) is 31.6. The van der Waals surface area contributed by atoms with E-state index in [0.29, 0.717) is 43.0 Å². The Hall–Kier alpha value is -4.34. The average Bonchev–Trinajstić information content (AvgIpc) is 3.59. The maximum Gasteiger partial charge on any atom is 0.332 e. The molecule has 0 bridgehead atoms. The number of aryl methyl sites for hydroxylation is 2. The third-order valence-electron chi connectivity index (χ3n) is 6.68. The molecule has 0 spiro atoms. The van der Waals surface area contributed by atoms with Crippen molar-refractivity contribution in [1.29, 1.82) is 0 Å². The van der Waals surface area contributed by atoms with Gasteiger partial charge < -0.3 is 4.57 Å². The Kier molecular flexibility index (Phi) is 7.30. The lowest BCUT2D eigenvalue weighted by Gasteiger charge is -2.13. The average molecular weight is 513 g/mol. The second kappa shape index (κ2) is 11.0. The summed E-state index contributed by atoms with van der Waals surface area (Å²) in [5.74, 6) is 1.37. The Labute approximate surface area is 220 Å². The van der Waals surface area contributed by atoms with Crippen LogP contribution in [0.5, 0.6) is 0 Å². The molecule has 0 unspecified atom stereocenters. The Balaban J connectivity index is 1.59. The number of imidazole rings is 1. The van der Waals surface area contributed by atoms with Crippen LogP contribution in [0.15, 0.2) is 58.1 Å². The molecule has 0 aliphatic carbocycles. The Morgan fingerprint density at radius 1 is 0.816 bits per heavy atom. The first-order valence-corrected chi connectivity index (χ1v) is 13.2. The van der Waals surface area contributed by atoms with E-state index in [-0.39, 0.29) is 11.2 Å². The van der Waals surface area contributed by atoms with Crippen LogP contribution < -0.4 is 11.2 Å². The Bertz CT molecular complexity index is 1660. The van der Waals surface area contributed by atoms with Crippen LogP contribution in [0.4, 0.5) is 0 Å². The number of aromatic nitrogens is 8. The molecule has 2 aromatic carbocycles. The van der Waals surface area contributed by atoms with Gasteiger partial charge in [0.05, 0.1) is 0 Å². The zero-order valence-corrected chi connectivity index (χ0v) is 22.0. The molecule has 0 radical (unpaired) electrons. The molecule has 10 heteroatoms. The fourth-order valence-corrected chi connectivity index (χ4v) is 4.94. The fraction of sp³-hybridized carbons (Fsp3) is 0.357. The molecule has 0 atom stereocenters. The fourth-order valence-electron chi connectivity index (χ4n) is 4.94. The van der Waals surface area contributed by atoms with Gasteiger partial charge in [0.2, 0.25) is 5.82 Å². The topological polar surface area (TPSA) is 116 Å². The molecule has 1 N–H and O–H groups in total. The number of aromatic amines is 1. The van der Waals surface area contributed by atoms with Gasteiger partial charge in [-0.1, -0.05) is 69.3 Å². The minimum Gasteiger partial charge on any atom is -0.318 e. The molecule has 0 aliphatic rings. The highest BCUT2D eigenvalue weighted by molar-refractivity contribution is 5.80. The summed E-state index contributed by atoms with van der Waals surface area (Å²) in [5.41, 5.74) is 4.42. The molecule has 0 fully saturated rings. The van der Waals surface area contributed by atoms with Gasteiger partial charge in [0, 0.05) is 31.6 Å². The first-order chi connectivity index (χ1) is 18.6. The molecule has 0 saturated carbocycles. The quantitative estimate of drug-likeness (QED) is 0.302. The van der Waals surface area contributed by atoms with Crippen LogP contribution >= 0.6 is 0 Å². The molecule has 0 saturated heterocycles. The number of H-pyrrole nitrogens is 1. The lowest BCUT2D eigenvalue weighted by molar-refractivity contribution is 0.554. The molecule has 10 nitrogen and oxygen atoms in total. The summed E-state index contributed by atoms with van der Waals surface area (Å²) in [5, 5.41) is 14.5. The maximum absolute atomic E-state index is 13.6. The first-order valence-electron chi connectivity index (χ1n) is 13.2. The zero-order chi connectivity index (χ0) is 26.6. The normalized spacial score (nSPS) is 11.4. The van der Waals surface area contributed by atoms with Gasteiger partial charge in [0.1, 0.15) is 5.82 Å². The van der Waals surface area contributed by atoms with Crippen LogP contribution in [0.3, 0.4) is 0 Å². The zero-order valence-electron chi connectivity index (χ0n) is 22.0. The smallest absolute Gasteiger partial charge is 0.318 e. The first kappa shape index (κ1) is 25.3. The van der Waals surface area contributed by atoms with E-state index in [1.165, 1.54) is 4.57 Å². The number of benzene rings is 2. The predicted molar refractivity (Wildman–Crippen MR) is 147 cm³/mol. The number of nitrogens with zero attached hydrogens (tertiary/aromatic N) is 7. The number of tetrazole rings is 1. The van der Waals surface area contributed by atoms with Gasteiger partial charge in [-0.15, -0.1) is 10.2 Å². The predicted octanol–water partition coefficient (Wildman–Crippen LogP) is 4.03. The van der Waals surface area contributed by atoms with Gasteiger partial charge >= 0.3 is 5.69 Å². The van der Waals surface area contributed by atoms with E-state index in [9.17, 15) is 9.59 Å². The summed E-state index contributed by atoms with van der Waals surface area (Å²) < 4.78 is 5.03. The van der Waals surface area contributed by atoms with Crippen molar-refractivity contribution in [3.8, 4) is 22.5 Å². The van der Waals surface area contributed by atoms with Crippen molar-refractivity contribution in [2.75, 3.05) is 0 Å². The molecule has 3 heterocycles. The SMILES string of the molecule is CCCc1nc2c(c(=O)n(CCC)c(=O)n2CCC)n1Cc1ccc(-c2ccccc2-c2nn[nH]n2)cc1. The van der Waals surface area contributed by atoms with Crippen LogP contribution in [0.25, 0.3) is 33.7 Å². The summed E-state index contributed by atoms with van der Waals surface area (Å²) in [6.07, 6.45) is 3.09. The van der Waals surface area contributed by atoms with Crippen molar-refractivity contribution in [1.82, 2.24) is 39.3 Å². The van der Waals surface area contributed by atoms with Crippen molar-refractivity contribution < 1.29 is 0 Å². The largest absolute Gasteiger partial charge is 0.332 e. The van der Waals surface area contributed by atoms with E-state index in [2.05, 4.69) is 51.8 Å². The summed E-state index contributed by atoms with van der Waals surface area (Å²) >= 11 is 0. The summed E-state index contributed by atoms with van der Waals surface area (Å²) in [6.45, 7) is 7.49. The Morgan fingerprint density at radius 2 is 1.53 bits per heavy atom. The molecule has 3 aromatic heterocycles. The number of nitrogens with one attached hydrogen (secondary N) is 1. The van der Waals surface area contributed by atoms with E-state index in [1.807, 2.05) is 42.7 Å². The van der Waals surface area contributed by atoms with E-state index in [4.69, 9.17) is 4.98 Å². The maximum atomic E-state index is 13.6. The van der Waals surface area contributed by atoms with Crippen LogP contribution in [0.2, 0.25) is 0 Å². The highest BCUT2D eigenvalue weighted by Gasteiger charge is 2.21. The van der Waals surface area contributed by atoms with Gasteiger partial charge in [0.25, 0.3) is 5.56 Å². The summed E-state index contributed by atoms with van der Waals surface area (Å²) in [7, 11) is 0. The number of fused-ring (bicyclic) bond motifs is 1. The van der Waals surface area contributed by atoms with Gasteiger partial charge in [-0.3, -0.25) is 13.9 Å². The van der Waals surface area contributed by atoms with Gasteiger partial charge in [-0.2, -0.15) is 5.21 Å². The lowest BCUT2D eigenvalue weighted by Crippen LogP contribution is -2.40. The highest BCUT2D eigenvalue weighted by atomic mass is 16.2. The monoisotopic (exact) mass is 512 g/mol. The molecule has 0 amide bonds. The molecule has 196 valence electrons. The minimum absolute atomic E-state index is 0.264. The van der Waals surface area contributed by atoms with Crippen molar-refractivity contribution >= 4 is 11.2 Å². The van der Waals surface area contributed by atoms with Crippen molar-refractivity contribution in [2.45, 2.75) is 66.1 Å². The van der Waals surface area contributed by atoms with Crippen LogP contribution in [-0.2, 0) is 26.1 Å². The lowest BCUT2D eigenvalue weighted by atomic mass is 9.98. The van der Waals surface area contributed by atoms with E-state index >= 15 is 0 Å².